The summed E-state index contributed by atoms with van der Waals surface area (Å²) < 4.78 is 0. The number of carbonyl (C=O) groups excluding carboxylic acids is 1. The number of aliphatic carboxylic acids is 2. The Hall–Kier alpha value is -1.63. The van der Waals surface area contributed by atoms with Crippen molar-refractivity contribution in [3.05, 3.63) is 0 Å². The molecule has 0 aromatic carbocycles. The van der Waals surface area contributed by atoms with Gasteiger partial charge in [0.15, 0.2) is 0 Å². The van der Waals surface area contributed by atoms with Crippen molar-refractivity contribution >= 4 is 17.8 Å². The number of rotatable bonds is 7. The Morgan fingerprint density at radius 3 is 2.00 bits per heavy atom. The van der Waals surface area contributed by atoms with Crippen LogP contribution in [-0.2, 0) is 14.4 Å². The van der Waals surface area contributed by atoms with Gasteiger partial charge >= 0.3 is 11.9 Å². The highest BCUT2D eigenvalue weighted by atomic mass is 16.4. The standard InChI is InChI=1S/C9H16N2O5/c1-5(8(13)14)3-11(4-7(10)12)6(2)9(15)16/h5-6H,3-4H2,1-2H3,(H2,10,12)(H,13,14)(H,15,16). The molecular formula is C9H16N2O5. The van der Waals surface area contributed by atoms with Gasteiger partial charge in [-0.3, -0.25) is 19.3 Å². The monoisotopic (exact) mass is 232 g/mol. The lowest BCUT2D eigenvalue weighted by Gasteiger charge is -2.26. The van der Waals surface area contributed by atoms with Crippen LogP contribution in [0.5, 0.6) is 0 Å². The topological polar surface area (TPSA) is 121 Å². The van der Waals surface area contributed by atoms with Crippen LogP contribution in [0.2, 0.25) is 0 Å². The fourth-order valence-corrected chi connectivity index (χ4v) is 1.15. The molecule has 2 atom stereocenters. The minimum Gasteiger partial charge on any atom is -0.481 e. The Kier molecular flexibility index (Phi) is 5.44. The van der Waals surface area contributed by atoms with E-state index in [-0.39, 0.29) is 13.1 Å². The second kappa shape index (κ2) is 6.06. The number of hydrogen-bond donors (Lipinski definition) is 3. The van der Waals surface area contributed by atoms with Crippen LogP contribution in [-0.4, -0.2) is 52.1 Å². The van der Waals surface area contributed by atoms with E-state index in [9.17, 15) is 14.4 Å². The summed E-state index contributed by atoms with van der Waals surface area (Å²) in [6.07, 6.45) is 0. The van der Waals surface area contributed by atoms with Gasteiger partial charge in [0.25, 0.3) is 0 Å². The predicted molar refractivity (Wildman–Crippen MR) is 54.7 cm³/mol. The van der Waals surface area contributed by atoms with Gasteiger partial charge < -0.3 is 15.9 Å². The molecule has 0 fully saturated rings. The van der Waals surface area contributed by atoms with Crippen LogP contribution in [0.1, 0.15) is 13.8 Å². The zero-order valence-corrected chi connectivity index (χ0v) is 9.21. The normalized spacial score (nSPS) is 14.4. The number of amides is 1. The zero-order valence-electron chi connectivity index (χ0n) is 9.21. The van der Waals surface area contributed by atoms with Crippen LogP contribution >= 0.6 is 0 Å². The molecule has 4 N–H and O–H groups in total. The van der Waals surface area contributed by atoms with Gasteiger partial charge in [0.2, 0.25) is 5.91 Å². The fraction of sp³-hybridized carbons (Fsp3) is 0.667. The van der Waals surface area contributed by atoms with E-state index < -0.39 is 29.8 Å². The van der Waals surface area contributed by atoms with Crippen molar-refractivity contribution in [2.45, 2.75) is 19.9 Å². The quantitative estimate of drug-likeness (QED) is 0.516. The lowest BCUT2D eigenvalue weighted by atomic mass is 10.1. The molecule has 0 rings (SSSR count). The maximum absolute atomic E-state index is 10.7. The molecule has 0 aliphatic carbocycles. The Morgan fingerprint density at radius 1 is 1.19 bits per heavy atom. The van der Waals surface area contributed by atoms with Gasteiger partial charge in [-0.05, 0) is 6.92 Å². The first-order valence-corrected chi connectivity index (χ1v) is 4.73. The van der Waals surface area contributed by atoms with Crippen LogP contribution in [0.3, 0.4) is 0 Å². The van der Waals surface area contributed by atoms with Crippen LogP contribution in [0.25, 0.3) is 0 Å². The molecule has 16 heavy (non-hydrogen) atoms. The lowest BCUT2D eigenvalue weighted by Crippen LogP contribution is -2.46. The zero-order chi connectivity index (χ0) is 12.9. The Bertz CT molecular complexity index is 292. The molecule has 0 bridgehead atoms. The second-order valence-electron chi connectivity index (χ2n) is 3.65. The third-order valence-corrected chi connectivity index (χ3v) is 2.19. The molecule has 2 unspecified atom stereocenters. The first-order chi connectivity index (χ1) is 7.25. The predicted octanol–water partition coefficient (Wildman–Crippen LogP) is -1.03. The number of carboxylic acid groups (broad SMARTS) is 2. The molecule has 0 aromatic heterocycles. The molecular weight excluding hydrogens is 216 g/mol. The molecule has 92 valence electrons. The molecule has 1 amide bonds. The number of carbonyl (C=O) groups is 3. The molecule has 0 saturated carbocycles. The average molecular weight is 232 g/mol. The van der Waals surface area contributed by atoms with Gasteiger partial charge in [-0.2, -0.15) is 0 Å². The van der Waals surface area contributed by atoms with Crippen molar-refractivity contribution in [1.29, 1.82) is 0 Å². The fourth-order valence-electron chi connectivity index (χ4n) is 1.15. The summed E-state index contributed by atoms with van der Waals surface area (Å²) in [6.45, 7) is 2.50. The van der Waals surface area contributed by atoms with Gasteiger partial charge in [-0.1, -0.05) is 6.92 Å². The largest absolute Gasteiger partial charge is 0.481 e. The third-order valence-electron chi connectivity index (χ3n) is 2.19. The summed E-state index contributed by atoms with van der Waals surface area (Å²) in [5, 5.41) is 17.5. The number of primary amides is 1. The van der Waals surface area contributed by atoms with E-state index in [4.69, 9.17) is 15.9 Å². The van der Waals surface area contributed by atoms with Crippen molar-refractivity contribution in [3.63, 3.8) is 0 Å². The van der Waals surface area contributed by atoms with Gasteiger partial charge in [-0.15, -0.1) is 0 Å². The Balaban J connectivity index is 4.60. The van der Waals surface area contributed by atoms with E-state index >= 15 is 0 Å². The van der Waals surface area contributed by atoms with Crippen molar-refractivity contribution in [3.8, 4) is 0 Å². The molecule has 7 heteroatoms. The summed E-state index contributed by atoms with van der Waals surface area (Å²) in [5.74, 6) is -3.63. The van der Waals surface area contributed by atoms with Gasteiger partial charge in [0.05, 0.1) is 12.5 Å². The average Bonchev–Trinajstić information content (AvgIpc) is 2.14. The summed E-state index contributed by atoms with van der Waals surface area (Å²) in [6, 6.07) is -0.950. The van der Waals surface area contributed by atoms with Gasteiger partial charge in [0, 0.05) is 6.54 Å². The lowest BCUT2D eigenvalue weighted by molar-refractivity contribution is -0.147. The van der Waals surface area contributed by atoms with Crippen molar-refractivity contribution in [1.82, 2.24) is 4.90 Å². The second-order valence-corrected chi connectivity index (χ2v) is 3.65. The van der Waals surface area contributed by atoms with E-state index in [1.807, 2.05) is 0 Å². The van der Waals surface area contributed by atoms with Crippen molar-refractivity contribution < 1.29 is 24.6 Å². The molecule has 0 radical (unpaired) electrons. The highest BCUT2D eigenvalue weighted by Gasteiger charge is 2.25. The molecule has 0 spiro atoms. The number of hydrogen-bond acceptors (Lipinski definition) is 4. The SMILES string of the molecule is CC(CN(CC(N)=O)C(C)C(=O)O)C(=O)O. The number of nitrogens with two attached hydrogens (primary N) is 1. The number of nitrogens with zero attached hydrogens (tertiary/aromatic N) is 1. The van der Waals surface area contributed by atoms with E-state index in [1.165, 1.54) is 18.7 Å². The van der Waals surface area contributed by atoms with E-state index in [2.05, 4.69) is 0 Å². The van der Waals surface area contributed by atoms with E-state index in [0.29, 0.717) is 0 Å². The van der Waals surface area contributed by atoms with Gasteiger partial charge in [0.1, 0.15) is 6.04 Å². The third kappa shape index (κ3) is 4.74. The van der Waals surface area contributed by atoms with Gasteiger partial charge in [-0.25, -0.2) is 0 Å². The Labute approximate surface area is 92.8 Å². The molecule has 7 nitrogen and oxygen atoms in total. The smallest absolute Gasteiger partial charge is 0.320 e. The first-order valence-electron chi connectivity index (χ1n) is 4.73. The summed E-state index contributed by atoms with van der Waals surface area (Å²) in [4.78, 5) is 33.3. The molecule has 0 aliphatic heterocycles. The van der Waals surface area contributed by atoms with E-state index in [0.717, 1.165) is 0 Å². The highest BCUT2D eigenvalue weighted by molar-refractivity contribution is 5.78. The van der Waals surface area contributed by atoms with Crippen molar-refractivity contribution in [2.75, 3.05) is 13.1 Å². The molecule has 0 saturated heterocycles. The first kappa shape index (κ1) is 14.4. The summed E-state index contributed by atoms with van der Waals surface area (Å²) in [5.41, 5.74) is 4.96. The van der Waals surface area contributed by atoms with E-state index in [1.54, 1.807) is 0 Å². The highest BCUT2D eigenvalue weighted by Crippen LogP contribution is 2.05. The Morgan fingerprint density at radius 2 is 1.69 bits per heavy atom. The minimum atomic E-state index is -1.13. The summed E-state index contributed by atoms with van der Waals surface area (Å²) in [7, 11) is 0. The molecule has 0 aromatic rings. The summed E-state index contributed by atoms with van der Waals surface area (Å²) >= 11 is 0. The van der Waals surface area contributed by atoms with Crippen LogP contribution in [0.15, 0.2) is 0 Å². The maximum Gasteiger partial charge on any atom is 0.320 e. The maximum atomic E-state index is 10.7. The molecule has 0 aliphatic rings. The van der Waals surface area contributed by atoms with Crippen LogP contribution in [0.4, 0.5) is 0 Å². The van der Waals surface area contributed by atoms with Crippen LogP contribution < -0.4 is 5.73 Å². The van der Waals surface area contributed by atoms with Crippen LogP contribution in [0, 0.1) is 5.92 Å². The molecule has 0 heterocycles. The minimum absolute atomic E-state index is 0.0360. The number of carboxylic acids is 2. The van der Waals surface area contributed by atoms with Crippen molar-refractivity contribution in [2.24, 2.45) is 11.7 Å².